The van der Waals surface area contributed by atoms with Gasteiger partial charge in [-0.25, -0.2) is 0 Å². The van der Waals surface area contributed by atoms with Gasteiger partial charge < -0.3 is 14.6 Å². The third-order valence-electron chi connectivity index (χ3n) is 6.54. The number of carbonyl (C=O) groups excluding carboxylic acids is 3. The number of benzene rings is 3. The molecule has 0 spiro atoms. The molecule has 1 unspecified atom stereocenters. The number of nitrogens with zero attached hydrogens (tertiary/aromatic N) is 2. The predicted molar refractivity (Wildman–Crippen MR) is 154 cm³/mol. The number of carbonyl (C=O) groups is 3. The lowest BCUT2D eigenvalue weighted by Crippen LogP contribution is -2.32. The molecule has 2 heterocycles. The van der Waals surface area contributed by atoms with Crippen LogP contribution in [0.4, 0.5) is 4.79 Å². The van der Waals surface area contributed by atoms with Crippen LogP contribution < -0.4 is 10.1 Å². The minimum absolute atomic E-state index is 0.118. The third-order valence-corrected chi connectivity index (χ3v) is 7.45. The zero-order valence-corrected chi connectivity index (χ0v) is 22.6. The van der Waals surface area contributed by atoms with E-state index in [1.54, 1.807) is 6.08 Å². The van der Waals surface area contributed by atoms with E-state index in [4.69, 9.17) is 4.74 Å². The molecule has 4 aromatic rings. The van der Waals surface area contributed by atoms with Gasteiger partial charge in [-0.15, -0.1) is 0 Å². The lowest BCUT2D eigenvalue weighted by atomic mass is 10.1. The van der Waals surface area contributed by atoms with Gasteiger partial charge >= 0.3 is 0 Å². The van der Waals surface area contributed by atoms with Crippen molar-refractivity contribution in [2.75, 3.05) is 13.2 Å². The van der Waals surface area contributed by atoms with Crippen LogP contribution in [0, 0.1) is 6.92 Å². The Morgan fingerprint density at radius 2 is 1.79 bits per heavy atom. The Labute approximate surface area is 231 Å². The van der Waals surface area contributed by atoms with Gasteiger partial charge in [0, 0.05) is 22.7 Å². The van der Waals surface area contributed by atoms with Gasteiger partial charge in [0.05, 0.1) is 17.5 Å². The quantitative estimate of drug-likeness (QED) is 0.266. The number of hydrogen-bond donors (Lipinski definition) is 1. The van der Waals surface area contributed by atoms with Crippen molar-refractivity contribution < 1.29 is 19.1 Å². The molecular formula is C31H29N3O4S. The maximum atomic E-state index is 13.1. The lowest BCUT2D eigenvalue weighted by molar-refractivity contribution is -0.123. The molecule has 1 aliphatic heterocycles. The van der Waals surface area contributed by atoms with Gasteiger partial charge in [-0.3, -0.25) is 19.3 Å². The average Bonchev–Trinajstić information content (AvgIpc) is 3.40. The van der Waals surface area contributed by atoms with Crippen molar-refractivity contribution in [2.24, 2.45) is 0 Å². The maximum Gasteiger partial charge on any atom is 0.293 e. The Bertz CT molecular complexity index is 1560. The molecule has 0 saturated carbocycles. The van der Waals surface area contributed by atoms with Crippen molar-refractivity contribution in [3.63, 3.8) is 0 Å². The number of ether oxygens (including phenoxy) is 1. The second-order valence-corrected chi connectivity index (χ2v) is 10.4. The first-order valence-corrected chi connectivity index (χ1v) is 13.6. The second kappa shape index (κ2) is 11.6. The van der Waals surface area contributed by atoms with Crippen LogP contribution in [0.2, 0.25) is 0 Å². The number of fused-ring (bicyclic) bond motifs is 1. The van der Waals surface area contributed by atoms with Gasteiger partial charge in [-0.2, -0.15) is 0 Å². The number of aromatic nitrogens is 1. The largest absolute Gasteiger partial charge is 0.492 e. The summed E-state index contributed by atoms with van der Waals surface area (Å²) in [6.45, 7) is 4.43. The molecular weight excluding hydrogens is 510 g/mol. The van der Waals surface area contributed by atoms with E-state index >= 15 is 0 Å². The molecule has 0 radical (unpaired) electrons. The molecule has 0 bridgehead atoms. The Kier molecular flexibility index (Phi) is 7.84. The molecule has 1 atom stereocenters. The van der Waals surface area contributed by atoms with Crippen LogP contribution in [0.1, 0.15) is 29.7 Å². The molecule has 7 nitrogen and oxygen atoms in total. The van der Waals surface area contributed by atoms with Crippen LogP contribution in [0.15, 0.2) is 90.0 Å². The normalized spacial score (nSPS) is 15.2. The van der Waals surface area contributed by atoms with Gasteiger partial charge in [0.1, 0.15) is 18.9 Å². The Hall–Kier alpha value is -4.30. The van der Waals surface area contributed by atoms with Crippen molar-refractivity contribution in [3.8, 4) is 5.75 Å². The van der Waals surface area contributed by atoms with E-state index in [0.29, 0.717) is 10.7 Å². The van der Waals surface area contributed by atoms with Gasteiger partial charge in [0.25, 0.3) is 11.1 Å². The fourth-order valence-electron chi connectivity index (χ4n) is 4.58. The minimum atomic E-state index is -0.343. The summed E-state index contributed by atoms with van der Waals surface area (Å²) in [4.78, 5) is 40.2. The highest BCUT2D eigenvalue weighted by atomic mass is 32.2. The lowest BCUT2D eigenvalue weighted by Gasteiger charge is -2.15. The molecule has 3 amide bonds. The minimum Gasteiger partial charge on any atom is -0.492 e. The summed E-state index contributed by atoms with van der Waals surface area (Å²) in [7, 11) is 0. The Morgan fingerprint density at radius 3 is 2.59 bits per heavy atom. The van der Waals surface area contributed by atoms with Crippen molar-refractivity contribution in [3.05, 3.63) is 107 Å². The first-order chi connectivity index (χ1) is 18.9. The fourth-order valence-corrected chi connectivity index (χ4v) is 5.44. The number of nitrogens with one attached hydrogen (secondary N) is 1. The number of amides is 3. The molecule has 198 valence electrons. The third kappa shape index (κ3) is 6.07. The highest BCUT2D eigenvalue weighted by Gasteiger charge is 2.35. The van der Waals surface area contributed by atoms with Crippen LogP contribution >= 0.6 is 11.8 Å². The van der Waals surface area contributed by atoms with Crippen LogP contribution in [0.5, 0.6) is 5.75 Å². The summed E-state index contributed by atoms with van der Waals surface area (Å²) in [5.74, 6) is 0.240. The summed E-state index contributed by atoms with van der Waals surface area (Å²) in [5, 5.41) is 3.63. The van der Waals surface area contributed by atoms with Crippen LogP contribution in [0.3, 0.4) is 0 Å². The number of aryl methyl sites for hydroxylation is 1. The topological polar surface area (TPSA) is 80.6 Å². The van der Waals surface area contributed by atoms with Gasteiger partial charge in [0.15, 0.2) is 0 Å². The van der Waals surface area contributed by atoms with E-state index in [1.165, 1.54) is 4.90 Å². The van der Waals surface area contributed by atoms with Crippen LogP contribution in [-0.2, 0) is 16.1 Å². The smallest absolute Gasteiger partial charge is 0.293 e. The predicted octanol–water partition coefficient (Wildman–Crippen LogP) is 5.94. The van der Waals surface area contributed by atoms with Crippen molar-refractivity contribution in [1.82, 2.24) is 14.8 Å². The Balaban J connectivity index is 1.29. The number of hydrogen-bond acceptors (Lipinski definition) is 5. The number of para-hydroxylation sites is 1. The highest BCUT2D eigenvalue weighted by molar-refractivity contribution is 8.18. The molecule has 8 heteroatoms. The molecule has 5 rings (SSSR count). The van der Waals surface area contributed by atoms with Gasteiger partial charge in [-0.05, 0) is 61.0 Å². The van der Waals surface area contributed by atoms with E-state index in [-0.39, 0.29) is 42.8 Å². The summed E-state index contributed by atoms with van der Waals surface area (Å²) in [6, 6.07) is 25.0. The van der Waals surface area contributed by atoms with Crippen LogP contribution in [0.25, 0.3) is 17.0 Å². The van der Waals surface area contributed by atoms with Crippen molar-refractivity contribution in [1.29, 1.82) is 0 Å². The first-order valence-electron chi connectivity index (χ1n) is 12.8. The van der Waals surface area contributed by atoms with Gasteiger partial charge in [-0.1, -0.05) is 60.7 Å². The standard InChI is InChI=1S/C31H29N3O4S/c1-21-9-8-12-25(17-21)38-16-15-34-30(36)28(39-31(34)37)18-24-19-33(27-14-7-6-13-26(24)27)20-29(35)32-22(2)23-10-4-3-5-11-23/h3-14,17-19,22H,15-16,20H2,1-2H3,(H,32,35)/b28-18-. The molecule has 1 aliphatic rings. The zero-order valence-electron chi connectivity index (χ0n) is 21.8. The summed E-state index contributed by atoms with van der Waals surface area (Å²) in [5.41, 5.74) is 3.75. The van der Waals surface area contributed by atoms with E-state index in [1.807, 2.05) is 103 Å². The van der Waals surface area contributed by atoms with Crippen LogP contribution in [-0.4, -0.2) is 39.7 Å². The monoisotopic (exact) mass is 539 g/mol. The number of rotatable bonds is 9. The molecule has 1 saturated heterocycles. The van der Waals surface area contributed by atoms with Crippen molar-refractivity contribution in [2.45, 2.75) is 26.4 Å². The first kappa shape index (κ1) is 26.3. The summed E-state index contributed by atoms with van der Waals surface area (Å²) < 4.78 is 7.61. The molecule has 39 heavy (non-hydrogen) atoms. The zero-order chi connectivity index (χ0) is 27.4. The van der Waals surface area contributed by atoms with E-state index in [9.17, 15) is 14.4 Å². The number of imide groups is 1. The second-order valence-electron chi connectivity index (χ2n) is 9.43. The Morgan fingerprint density at radius 1 is 1.03 bits per heavy atom. The molecule has 0 aliphatic carbocycles. The highest BCUT2D eigenvalue weighted by Crippen LogP contribution is 2.34. The molecule has 3 aromatic carbocycles. The average molecular weight is 540 g/mol. The van der Waals surface area contributed by atoms with Gasteiger partial charge in [0.2, 0.25) is 5.91 Å². The van der Waals surface area contributed by atoms with E-state index in [2.05, 4.69) is 5.32 Å². The van der Waals surface area contributed by atoms with E-state index < -0.39 is 0 Å². The fraction of sp³-hybridized carbons (Fsp3) is 0.194. The summed E-state index contributed by atoms with van der Waals surface area (Å²) >= 11 is 0.918. The number of thioether (sulfide) groups is 1. The van der Waals surface area contributed by atoms with E-state index in [0.717, 1.165) is 39.4 Å². The maximum absolute atomic E-state index is 13.1. The molecule has 1 fully saturated rings. The SMILES string of the molecule is Cc1cccc(OCCN2C(=O)S/C(=C\c3cn(CC(=O)NC(C)c4ccccc4)c4ccccc34)C2=O)c1. The van der Waals surface area contributed by atoms with Crippen molar-refractivity contribution >= 4 is 45.8 Å². The molecule has 1 aromatic heterocycles. The molecule has 1 N–H and O–H groups in total. The summed E-state index contributed by atoms with van der Waals surface area (Å²) in [6.07, 6.45) is 3.59.